The number of hydrogen-bond donors (Lipinski definition) is 2. The van der Waals surface area contributed by atoms with Gasteiger partial charge in [0, 0.05) is 43.5 Å². The van der Waals surface area contributed by atoms with Gasteiger partial charge in [0.2, 0.25) is 0 Å². The van der Waals surface area contributed by atoms with Crippen molar-refractivity contribution in [3.8, 4) is 0 Å². The van der Waals surface area contributed by atoms with Crippen molar-refractivity contribution in [2.24, 2.45) is 0 Å². The number of nitrogens with one attached hydrogen (secondary N) is 2. The molecule has 130 valence electrons. The molecular formula is C17H25N5O2. The molecule has 2 aromatic rings. The monoisotopic (exact) mass is 331 g/mol. The molecule has 1 amide bonds. The number of aromatic nitrogens is 3. The van der Waals surface area contributed by atoms with E-state index in [1.54, 1.807) is 6.20 Å². The number of rotatable bonds is 5. The van der Waals surface area contributed by atoms with E-state index in [4.69, 9.17) is 4.74 Å². The van der Waals surface area contributed by atoms with Crippen molar-refractivity contribution in [1.29, 1.82) is 0 Å². The fraction of sp³-hybridized carbons (Fsp3) is 0.588. The number of aryl methyl sites for hydroxylation is 1. The molecule has 2 aromatic heterocycles. The first-order chi connectivity index (χ1) is 11.5. The Kier molecular flexibility index (Phi) is 5.11. The summed E-state index contributed by atoms with van der Waals surface area (Å²) in [7, 11) is 0. The molecule has 0 bridgehead atoms. The van der Waals surface area contributed by atoms with Crippen LogP contribution in [0.25, 0.3) is 11.0 Å². The largest absolute Gasteiger partial charge is 0.373 e. The van der Waals surface area contributed by atoms with Crippen molar-refractivity contribution in [1.82, 2.24) is 25.4 Å². The highest BCUT2D eigenvalue weighted by Crippen LogP contribution is 2.14. The fourth-order valence-corrected chi connectivity index (χ4v) is 3.22. The Hall–Kier alpha value is -1.99. The highest BCUT2D eigenvalue weighted by Gasteiger charge is 2.21. The van der Waals surface area contributed by atoms with Gasteiger partial charge in [0.1, 0.15) is 0 Å². The van der Waals surface area contributed by atoms with Crippen molar-refractivity contribution in [2.45, 2.75) is 39.4 Å². The van der Waals surface area contributed by atoms with Crippen LogP contribution in [0.1, 0.15) is 36.3 Å². The number of hydrogen-bond acceptors (Lipinski definition) is 5. The predicted octanol–water partition coefficient (Wildman–Crippen LogP) is 1.50. The molecule has 7 heteroatoms. The molecule has 0 radical (unpaired) electrons. The molecule has 3 heterocycles. The number of pyridine rings is 1. The Morgan fingerprint density at radius 1 is 1.42 bits per heavy atom. The smallest absolute Gasteiger partial charge is 0.252 e. The summed E-state index contributed by atoms with van der Waals surface area (Å²) >= 11 is 0. The van der Waals surface area contributed by atoms with E-state index in [0.29, 0.717) is 17.8 Å². The SMILES string of the molecule is Cc1[nH]nc2ncc(C(=O)NCCCN3C[C@H](C)O[C@@H](C)C3)cc12. The van der Waals surface area contributed by atoms with Gasteiger partial charge in [-0.2, -0.15) is 5.10 Å². The normalized spacial score (nSPS) is 22.0. The van der Waals surface area contributed by atoms with E-state index in [2.05, 4.69) is 39.2 Å². The number of carbonyl (C=O) groups is 1. The second-order valence-electron chi connectivity index (χ2n) is 6.57. The summed E-state index contributed by atoms with van der Waals surface area (Å²) in [5, 5.41) is 10.8. The number of aromatic amines is 1. The number of carbonyl (C=O) groups excluding carboxylic acids is 1. The molecule has 7 nitrogen and oxygen atoms in total. The molecule has 3 rings (SSSR count). The predicted molar refractivity (Wildman–Crippen MR) is 92.0 cm³/mol. The highest BCUT2D eigenvalue weighted by atomic mass is 16.5. The maximum absolute atomic E-state index is 12.3. The van der Waals surface area contributed by atoms with Crippen LogP contribution in [-0.4, -0.2) is 64.4 Å². The van der Waals surface area contributed by atoms with Crippen LogP contribution in [0.2, 0.25) is 0 Å². The second kappa shape index (κ2) is 7.27. The van der Waals surface area contributed by atoms with Gasteiger partial charge in [0.05, 0.1) is 17.8 Å². The molecule has 0 saturated carbocycles. The van der Waals surface area contributed by atoms with E-state index in [1.165, 1.54) is 0 Å². The number of amides is 1. The van der Waals surface area contributed by atoms with Crippen LogP contribution in [-0.2, 0) is 4.74 Å². The van der Waals surface area contributed by atoms with Crippen molar-refractivity contribution in [2.75, 3.05) is 26.2 Å². The number of ether oxygens (including phenoxy) is 1. The van der Waals surface area contributed by atoms with Gasteiger partial charge in [-0.05, 0) is 33.3 Å². The van der Waals surface area contributed by atoms with Crippen molar-refractivity contribution >= 4 is 16.9 Å². The third-order valence-electron chi connectivity index (χ3n) is 4.29. The first kappa shape index (κ1) is 16.9. The molecule has 0 aromatic carbocycles. The Morgan fingerprint density at radius 2 is 2.17 bits per heavy atom. The number of nitrogens with zero attached hydrogens (tertiary/aromatic N) is 3. The van der Waals surface area contributed by atoms with Crippen LogP contribution in [0.15, 0.2) is 12.3 Å². The minimum atomic E-state index is -0.0892. The van der Waals surface area contributed by atoms with Crippen molar-refractivity contribution < 1.29 is 9.53 Å². The molecule has 2 atom stereocenters. The van der Waals surface area contributed by atoms with Crippen molar-refractivity contribution in [3.63, 3.8) is 0 Å². The Labute approximate surface area is 141 Å². The lowest BCUT2D eigenvalue weighted by Gasteiger charge is -2.35. The van der Waals surface area contributed by atoms with Crippen LogP contribution in [0, 0.1) is 6.92 Å². The van der Waals surface area contributed by atoms with Crippen LogP contribution in [0.3, 0.4) is 0 Å². The van der Waals surface area contributed by atoms with E-state index >= 15 is 0 Å². The van der Waals surface area contributed by atoms with E-state index in [9.17, 15) is 4.79 Å². The zero-order chi connectivity index (χ0) is 17.1. The minimum absolute atomic E-state index is 0.0892. The highest BCUT2D eigenvalue weighted by molar-refractivity contribution is 5.97. The topological polar surface area (TPSA) is 83.1 Å². The lowest BCUT2D eigenvalue weighted by Crippen LogP contribution is -2.46. The van der Waals surface area contributed by atoms with Gasteiger partial charge in [-0.15, -0.1) is 0 Å². The van der Waals surface area contributed by atoms with E-state index in [1.807, 2.05) is 13.0 Å². The van der Waals surface area contributed by atoms with Gasteiger partial charge >= 0.3 is 0 Å². The van der Waals surface area contributed by atoms with E-state index in [-0.39, 0.29) is 18.1 Å². The van der Waals surface area contributed by atoms with Gasteiger partial charge in [0.25, 0.3) is 5.91 Å². The summed E-state index contributed by atoms with van der Waals surface area (Å²) in [4.78, 5) is 18.9. The quantitative estimate of drug-likeness (QED) is 0.811. The van der Waals surface area contributed by atoms with Gasteiger partial charge in [-0.1, -0.05) is 0 Å². The number of fused-ring (bicyclic) bond motifs is 1. The van der Waals surface area contributed by atoms with Crippen LogP contribution in [0.5, 0.6) is 0 Å². The van der Waals surface area contributed by atoms with E-state index < -0.39 is 0 Å². The molecular weight excluding hydrogens is 306 g/mol. The van der Waals surface area contributed by atoms with Gasteiger partial charge < -0.3 is 10.1 Å². The first-order valence-corrected chi connectivity index (χ1v) is 8.49. The fourth-order valence-electron chi connectivity index (χ4n) is 3.22. The van der Waals surface area contributed by atoms with Gasteiger partial charge in [0.15, 0.2) is 5.65 Å². The van der Waals surface area contributed by atoms with Crippen LogP contribution >= 0.6 is 0 Å². The lowest BCUT2D eigenvalue weighted by atomic mass is 10.2. The maximum Gasteiger partial charge on any atom is 0.252 e. The maximum atomic E-state index is 12.3. The molecule has 1 fully saturated rings. The van der Waals surface area contributed by atoms with E-state index in [0.717, 1.165) is 37.1 Å². The third-order valence-corrected chi connectivity index (χ3v) is 4.29. The second-order valence-corrected chi connectivity index (χ2v) is 6.57. The molecule has 1 saturated heterocycles. The Balaban J connectivity index is 1.47. The van der Waals surface area contributed by atoms with Crippen molar-refractivity contribution in [3.05, 3.63) is 23.5 Å². The van der Waals surface area contributed by atoms with Crippen LogP contribution in [0.4, 0.5) is 0 Å². The number of morpholine rings is 1. The summed E-state index contributed by atoms with van der Waals surface area (Å²) in [6, 6.07) is 1.84. The average Bonchev–Trinajstić information content (AvgIpc) is 2.91. The average molecular weight is 331 g/mol. The third kappa shape index (κ3) is 3.91. The first-order valence-electron chi connectivity index (χ1n) is 8.49. The minimum Gasteiger partial charge on any atom is -0.373 e. The van der Waals surface area contributed by atoms with Gasteiger partial charge in [-0.3, -0.25) is 14.8 Å². The molecule has 1 aliphatic heterocycles. The molecule has 0 spiro atoms. The summed E-state index contributed by atoms with van der Waals surface area (Å²) in [5.41, 5.74) is 2.13. The summed E-state index contributed by atoms with van der Waals surface area (Å²) in [6.07, 6.45) is 3.05. The van der Waals surface area contributed by atoms with Crippen LogP contribution < -0.4 is 5.32 Å². The Morgan fingerprint density at radius 3 is 2.92 bits per heavy atom. The molecule has 2 N–H and O–H groups in total. The summed E-state index contributed by atoms with van der Waals surface area (Å²) < 4.78 is 5.73. The summed E-state index contributed by atoms with van der Waals surface area (Å²) in [6.45, 7) is 9.66. The van der Waals surface area contributed by atoms with Gasteiger partial charge in [-0.25, -0.2) is 4.98 Å². The number of H-pyrrole nitrogens is 1. The lowest BCUT2D eigenvalue weighted by molar-refractivity contribution is -0.0679. The molecule has 0 unspecified atom stereocenters. The molecule has 1 aliphatic rings. The standard InChI is InChI=1S/C17H25N5O2/c1-11-9-22(10-12(2)24-11)6-4-5-18-17(23)14-7-15-13(3)20-21-16(15)19-8-14/h7-8,11-12H,4-6,9-10H2,1-3H3,(H,18,23)(H,19,20,21)/t11-,12-/m0/s1. The zero-order valence-corrected chi connectivity index (χ0v) is 14.5. The zero-order valence-electron chi connectivity index (χ0n) is 14.5. The molecule has 24 heavy (non-hydrogen) atoms. The summed E-state index contributed by atoms with van der Waals surface area (Å²) in [5.74, 6) is -0.0892. The molecule has 0 aliphatic carbocycles. The Bertz CT molecular complexity index is 704.